The summed E-state index contributed by atoms with van der Waals surface area (Å²) < 4.78 is 0. The van der Waals surface area contributed by atoms with Crippen LogP contribution in [0.3, 0.4) is 0 Å². The number of nitrogens with two attached hydrogens (primary N) is 2. The topological polar surface area (TPSA) is 128 Å². The SMILES string of the molecule is CCN(CC(N)=O)Cc1ccc([N+](=O)[O-])c(NN)c1. The maximum absolute atomic E-state index is 10.9. The van der Waals surface area contributed by atoms with Gasteiger partial charge < -0.3 is 11.2 Å². The molecule has 0 aliphatic carbocycles. The molecule has 8 heteroatoms. The van der Waals surface area contributed by atoms with Gasteiger partial charge in [0.05, 0.1) is 11.5 Å². The van der Waals surface area contributed by atoms with Crippen molar-refractivity contribution in [1.29, 1.82) is 0 Å². The van der Waals surface area contributed by atoms with E-state index in [1.165, 1.54) is 6.07 Å². The summed E-state index contributed by atoms with van der Waals surface area (Å²) in [6.45, 7) is 3.15. The Morgan fingerprint density at radius 1 is 1.53 bits per heavy atom. The van der Waals surface area contributed by atoms with Crippen LogP contribution in [0.15, 0.2) is 18.2 Å². The van der Waals surface area contributed by atoms with E-state index in [2.05, 4.69) is 5.43 Å². The molecule has 0 saturated carbocycles. The molecule has 0 bridgehead atoms. The highest BCUT2D eigenvalue weighted by atomic mass is 16.6. The molecule has 0 saturated heterocycles. The van der Waals surface area contributed by atoms with E-state index in [1.54, 1.807) is 12.1 Å². The van der Waals surface area contributed by atoms with Crippen LogP contribution in [0.2, 0.25) is 0 Å². The van der Waals surface area contributed by atoms with Crippen molar-refractivity contribution in [2.45, 2.75) is 13.5 Å². The maximum atomic E-state index is 10.9. The highest BCUT2D eigenvalue weighted by Crippen LogP contribution is 2.24. The number of hydrogen-bond donors (Lipinski definition) is 3. The number of anilines is 1. The fraction of sp³-hybridized carbons (Fsp3) is 0.364. The lowest BCUT2D eigenvalue weighted by atomic mass is 10.1. The van der Waals surface area contributed by atoms with E-state index in [4.69, 9.17) is 11.6 Å². The number of nitrogens with one attached hydrogen (secondary N) is 1. The lowest BCUT2D eigenvalue weighted by molar-refractivity contribution is -0.384. The van der Waals surface area contributed by atoms with Gasteiger partial charge in [-0.3, -0.25) is 25.7 Å². The number of carbonyl (C=O) groups is 1. The minimum atomic E-state index is -0.514. The molecule has 1 aromatic carbocycles. The number of hydrogen-bond acceptors (Lipinski definition) is 6. The zero-order valence-electron chi connectivity index (χ0n) is 10.6. The number of nitro groups is 1. The molecule has 0 aliphatic rings. The molecule has 1 amide bonds. The van der Waals surface area contributed by atoms with Crippen molar-refractivity contribution >= 4 is 17.3 Å². The Morgan fingerprint density at radius 3 is 2.68 bits per heavy atom. The Hall–Kier alpha value is -2.19. The van der Waals surface area contributed by atoms with Gasteiger partial charge in [0.15, 0.2) is 0 Å². The predicted molar refractivity (Wildman–Crippen MR) is 71.1 cm³/mol. The minimum absolute atomic E-state index is 0.0933. The van der Waals surface area contributed by atoms with Crippen molar-refractivity contribution in [2.75, 3.05) is 18.5 Å². The molecule has 0 aliphatic heterocycles. The fourth-order valence-electron chi connectivity index (χ4n) is 1.71. The van der Waals surface area contributed by atoms with Gasteiger partial charge in [-0.1, -0.05) is 13.0 Å². The van der Waals surface area contributed by atoms with Crippen LogP contribution in [0.1, 0.15) is 12.5 Å². The average Bonchev–Trinajstić information content (AvgIpc) is 2.36. The molecule has 1 rings (SSSR count). The van der Waals surface area contributed by atoms with Crippen molar-refractivity contribution < 1.29 is 9.72 Å². The number of carbonyl (C=O) groups excluding carboxylic acids is 1. The Kier molecular flexibility index (Phi) is 5.22. The van der Waals surface area contributed by atoms with Gasteiger partial charge in [-0.25, -0.2) is 0 Å². The first-order chi connectivity index (χ1) is 8.97. The third-order valence-corrected chi connectivity index (χ3v) is 2.65. The molecule has 19 heavy (non-hydrogen) atoms. The van der Waals surface area contributed by atoms with Crippen molar-refractivity contribution in [3.05, 3.63) is 33.9 Å². The van der Waals surface area contributed by atoms with E-state index in [1.807, 2.05) is 11.8 Å². The Bertz CT molecular complexity index is 477. The molecule has 0 fully saturated rings. The van der Waals surface area contributed by atoms with Gasteiger partial charge in [0.2, 0.25) is 5.91 Å². The summed E-state index contributed by atoms with van der Waals surface area (Å²) in [5.41, 5.74) is 8.39. The van der Waals surface area contributed by atoms with Crippen LogP contribution < -0.4 is 17.0 Å². The van der Waals surface area contributed by atoms with Gasteiger partial charge in [0, 0.05) is 12.6 Å². The number of nitro benzene ring substituents is 1. The molecule has 0 radical (unpaired) electrons. The highest BCUT2D eigenvalue weighted by Gasteiger charge is 2.14. The molecule has 1 aromatic rings. The molecular formula is C11H17N5O3. The minimum Gasteiger partial charge on any atom is -0.369 e. The van der Waals surface area contributed by atoms with Crippen molar-refractivity contribution in [3.8, 4) is 0 Å². The molecule has 0 unspecified atom stereocenters. The zero-order chi connectivity index (χ0) is 14.4. The Labute approximate surface area is 110 Å². The number of nitrogen functional groups attached to an aromatic ring is 1. The van der Waals surface area contributed by atoms with E-state index in [-0.39, 0.29) is 17.9 Å². The van der Waals surface area contributed by atoms with Crippen molar-refractivity contribution in [2.24, 2.45) is 11.6 Å². The number of likely N-dealkylation sites (N-methyl/N-ethyl adjacent to an activating group) is 1. The van der Waals surface area contributed by atoms with Crippen LogP contribution in [-0.2, 0) is 11.3 Å². The summed E-state index contributed by atoms with van der Waals surface area (Å²) in [6, 6.07) is 4.59. The van der Waals surface area contributed by atoms with Gasteiger partial charge in [0.1, 0.15) is 5.69 Å². The van der Waals surface area contributed by atoms with Crippen LogP contribution in [0.4, 0.5) is 11.4 Å². The zero-order valence-corrected chi connectivity index (χ0v) is 10.6. The van der Waals surface area contributed by atoms with Crippen LogP contribution in [0, 0.1) is 10.1 Å². The third-order valence-electron chi connectivity index (χ3n) is 2.65. The maximum Gasteiger partial charge on any atom is 0.293 e. The van der Waals surface area contributed by atoms with Gasteiger partial charge in [-0.2, -0.15) is 0 Å². The fourth-order valence-corrected chi connectivity index (χ4v) is 1.71. The normalized spacial score (nSPS) is 10.5. The van der Waals surface area contributed by atoms with Crippen LogP contribution in [0.25, 0.3) is 0 Å². The van der Waals surface area contributed by atoms with E-state index in [0.717, 1.165) is 5.56 Å². The van der Waals surface area contributed by atoms with Gasteiger partial charge in [-0.15, -0.1) is 0 Å². The van der Waals surface area contributed by atoms with E-state index >= 15 is 0 Å². The summed E-state index contributed by atoms with van der Waals surface area (Å²) in [5, 5.41) is 10.8. The van der Waals surface area contributed by atoms with Crippen LogP contribution in [-0.4, -0.2) is 28.8 Å². The number of hydrazine groups is 1. The summed E-state index contributed by atoms with van der Waals surface area (Å²) in [5.74, 6) is 4.84. The molecule has 104 valence electrons. The van der Waals surface area contributed by atoms with Gasteiger partial charge in [0.25, 0.3) is 5.69 Å². The van der Waals surface area contributed by atoms with E-state index < -0.39 is 10.8 Å². The number of primary amides is 1. The molecule has 0 spiro atoms. The smallest absolute Gasteiger partial charge is 0.293 e. The second-order valence-corrected chi connectivity index (χ2v) is 4.02. The first-order valence-corrected chi connectivity index (χ1v) is 5.72. The third kappa shape index (κ3) is 4.19. The Balaban J connectivity index is 2.90. The first kappa shape index (κ1) is 14.9. The van der Waals surface area contributed by atoms with Crippen LogP contribution >= 0.6 is 0 Å². The molecule has 0 aromatic heterocycles. The van der Waals surface area contributed by atoms with Crippen LogP contribution in [0.5, 0.6) is 0 Å². The summed E-state index contributed by atoms with van der Waals surface area (Å²) in [7, 11) is 0. The Morgan fingerprint density at radius 2 is 2.21 bits per heavy atom. The van der Waals surface area contributed by atoms with E-state index in [0.29, 0.717) is 13.1 Å². The molecule has 5 N–H and O–H groups in total. The monoisotopic (exact) mass is 267 g/mol. The second-order valence-electron chi connectivity index (χ2n) is 4.02. The lowest BCUT2D eigenvalue weighted by Crippen LogP contribution is -2.33. The first-order valence-electron chi connectivity index (χ1n) is 5.72. The highest BCUT2D eigenvalue weighted by molar-refractivity contribution is 5.75. The summed E-state index contributed by atoms with van der Waals surface area (Å²) in [6.07, 6.45) is 0. The quantitative estimate of drug-likeness (QED) is 0.367. The molecule has 8 nitrogen and oxygen atoms in total. The number of benzene rings is 1. The van der Waals surface area contributed by atoms with Crippen molar-refractivity contribution in [1.82, 2.24) is 4.90 Å². The summed E-state index contributed by atoms with van der Waals surface area (Å²) in [4.78, 5) is 22.9. The number of nitrogens with zero attached hydrogens (tertiary/aromatic N) is 2. The number of rotatable bonds is 7. The standard InChI is InChI=1S/C11H17N5O3/c1-2-15(7-11(12)17)6-8-3-4-10(16(18)19)9(5-8)14-13/h3-5,14H,2,6-7,13H2,1H3,(H2,12,17). The van der Waals surface area contributed by atoms with Gasteiger partial charge in [-0.05, 0) is 18.2 Å². The average molecular weight is 267 g/mol. The predicted octanol–water partition coefficient (Wildman–Crippen LogP) is 0.188. The van der Waals surface area contributed by atoms with E-state index in [9.17, 15) is 14.9 Å². The number of amides is 1. The summed E-state index contributed by atoms with van der Waals surface area (Å²) >= 11 is 0. The largest absolute Gasteiger partial charge is 0.369 e. The molecule has 0 heterocycles. The van der Waals surface area contributed by atoms with Gasteiger partial charge >= 0.3 is 0 Å². The molecular weight excluding hydrogens is 250 g/mol. The second kappa shape index (κ2) is 6.66. The lowest BCUT2D eigenvalue weighted by Gasteiger charge is -2.18. The molecule has 0 atom stereocenters. The van der Waals surface area contributed by atoms with Crippen molar-refractivity contribution in [3.63, 3.8) is 0 Å².